The number of aromatic nitrogens is 3. The fourth-order valence-electron chi connectivity index (χ4n) is 1.87. The lowest BCUT2D eigenvalue weighted by molar-refractivity contribution is 0.102. The Kier molecular flexibility index (Phi) is 3.26. The number of rotatable bonds is 2. The number of carbonyl (C=O) groups is 1. The summed E-state index contributed by atoms with van der Waals surface area (Å²) in [5.41, 5.74) is 0.861. The molecule has 3 aromatic rings. The van der Waals surface area contributed by atoms with E-state index in [9.17, 15) is 4.79 Å². The molecular formula is C14H9ClN4O. The Bertz CT molecular complexity index is 785. The number of halogens is 1. The summed E-state index contributed by atoms with van der Waals surface area (Å²) >= 11 is 5.73. The van der Waals surface area contributed by atoms with Crippen molar-refractivity contribution in [2.24, 2.45) is 0 Å². The van der Waals surface area contributed by atoms with Crippen molar-refractivity contribution in [3.63, 3.8) is 0 Å². The van der Waals surface area contributed by atoms with E-state index < -0.39 is 0 Å². The Labute approximate surface area is 119 Å². The van der Waals surface area contributed by atoms with Gasteiger partial charge in [0.15, 0.2) is 0 Å². The number of fused-ring (bicyclic) bond motifs is 1. The molecule has 1 amide bonds. The zero-order valence-corrected chi connectivity index (χ0v) is 11.0. The number of anilines is 1. The van der Waals surface area contributed by atoms with Crippen molar-refractivity contribution in [2.45, 2.75) is 0 Å². The first kappa shape index (κ1) is 12.5. The van der Waals surface area contributed by atoms with Gasteiger partial charge >= 0.3 is 0 Å². The highest BCUT2D eigenvalue weighted by Gasteiger charge is 2.10. The molecule has 2 heterocycles. The highest BCUT2D eigenvalue weighted by atomic mass is 35.5. The molecule has 0 saturated carbocycles. The van der Waals surface area contributed by atoms with Crippen LogP contribution in [0.2, 0.25) is 5.15 Å². The summed E-state index contributed by atoms with van der Waals surface area (Å²) in [5.74, 6) is -0.357. The second-order valence-electron chi connectivity index (χ2n) is 4.08. The number of carbonyl (C=O) groups excluding carboxylic acids is 1. The number of pyridine rings is 1. The minimum absolute atomic E-state index is 0.170. The minimum Gasteiger partial charge on any atom is -0.320 e. The van der Waals surface area contributed by atoms with Crippen molar-refractivity contribution in [3.05, 3.63) is 59.9 Å². The summed E-state index contributed by atoms with van der Waals surface area (Å²) in [4.78, 5) is 23.9. The maximum atomic E-state index is 12.1. The molecule has 2 aromatic heterocycles. The molecule has 0 atom stereocenters. The third-order valence-electron chi connectivity index (χ3n) is 2.77. The molecule has 98 valence electrons. The van der Waals surface area contributed by atoms with E-state index in [1.807, 2.05) is 24.3 Å². The number of nitrogens with zero attached hydrogens (tertiary/aromatic N) is 3. The smallest absolute Gasteiger partial charge is 0.275 e. The predicted octanol–water partition coefficient (Wildman–Crippen LogP) is 2.93. The van der Waals surface area contributed by atoms with Gasteiger partial charge in [-0.05, 0) is 12.1 Å². The fraction of sp³-hybridized carbons (Fsp3) is 0. The van der Waals surface area contributed by atoms with Crippen LogP contribution in [0.15, 0.2) is 49.1 Å². The third kappa shape index (κ3) is 2.44. The standard InChI is InChI=1S/C14H9ClN4O/c15-13-8-17-7-12(18-13)14(20)19-11-3-1-2-9-6-16-5-4-10(9)11/h1-8H,(H,19,20). The summed E-state index contributed by atoms with van der Waals surface area (Å²) in [6, 6.07) is 7.44. The van der Waals surface area contributed by atoms with E-state index in [2.05, 4.69) is 20.3 Å². The molecule has 0 radical (unpaired) electrons. The molecule has 0 aliphatic heterocycles. The summed E-state index contributed by atoms with van der Waals surface area (Å²) in [6.07, 6.45) is 6.16. The van der Waals surface area contributed by atoms with Gasteiger partial charge in [0.25, 0.3) is 5.91 Å². The zero-order chi connectivity index (χ0) is 13.9. The normalized spacial score (nSPS) is 10.4. The van der Waals surface area contributed by atoms with Crippen molar-refractivity contribution in [2.75, 3.05) is 5.32 Å². The fourth-order valence-corrected chi connectivity index (χ4v) is 2.02. The molecule has 0 saturated heterocycles. The third-order valence-corrected chi connectivity index (χ3v) is 2.95. The maximum Gasteiger partial charge on any atom is 0.275 e. The van der Waals surface area contributed by atoms with Crippen molar-refractivity contribution < 1.29 is 4.79 Å². The monoisotopic (exact) mass is 284 g/mol. The summed E-state index contributed by atoms with van der Waals surface area (Å²) in [6.45, 7) is 0. The van der Waals surface area contributed by atoms with E-state index in [0.29, 0.717) is 5.69 Å². The van der Waals surface area contributed by atoms with Gasteiger partial charge in [0, 0.05) is 28.9 Å². The quantitative estimate of drug-likeness (QED) is 0.785. The summed E-state index contributed by atoms with van der Waals surface area (Å²) in [5, 5.41) is 4.84. The number of hydrogen-bond acceptors (Lipinski definition) is 4. The van der Waals surface area contributed by atoms with Crippen LogP contribution in [0.1, 0.15) is 10.5 Å². The lowest BCUT2D eigenvalue weighted by Crippen LogP contribution is -2.14. The van der Waals surface area contributed by atoms with E-state index in [4.69, 9.17) is 11.6 Å². The van der Waals surface area contributed by atoms with Gasteiger partial charge in [-0.3, -0.25) is 14.8 Å². The van der Waals surface area contributed by atoms with Gasteiger partial charge in [-0.25, -0.2) is 4.98 Å². The van der Waals surface area contributed by atoms with Gasteiger partial charge in [0.2, 0.25) is 0 Å². The molecule has 0 spiro atoms. The van der Waals surface area contributed by atoms with Gasteiger partial charge in [0.05, 0.1) is 12.4 Å². The molecule has 3 rings (SSSR count). The SMILES string of the molecule is O=C(Nc1cccc2cnccc12)c1cncc(Cl)n1. The molecule has 1 N–H and O–H groups in total. The largest absolute Gasteiger partial charge is 0.320 e. The van der Waals surface area contributed by atoms with Gasteiger partial charge in [-0.2, -0.15) is 0 Å². The van der Waals surface area contributed by atoms with Crippen LogP contribution >= 0.6 is 11.6 Å². The lowest BCUT2D eigenvalue weighted by Gasteiger charge is -2.07. The Morgan fingerprint density at radius 1 is 1.10 bits per heavy atom. The second-order valence-corrected chi connectivity index (χ2v) is 4.47. The number of benzene rings is 1. The van der Waals surface area contributed by atoms with Crippen molar-refractivity contribution in [1.82, 2.24) is 15.0 Å². The number of nitrogens with one attached hydrogen (secondary N) is 1. The van der Waals surface area contributed by atoms with E-state index in [1.165, 1.54) is 12.4 Å². The van der Waals surface area contributed by atoms with Crippen LogP contribution in [-0.2, 0) is 0 Å². The second kappa shape index (κ2) is 5.22. The minimum atomic E-state index is -0.357. The molecule has 20 heavy (non-hydrogen) atoms. The molecule has 1 aromatic carbocycles. The molecule has 6 heteroatoms. The highest BCUT2D eigenvalue weighted by molar-refractivity contribution is 6.29. The molecule has 0 unspecified atom stereocenters. The van der Waals surface area contributed by atoms with E-state index in [1.54, 1.807) is 12.4 Å². The maximum absolute atomic E-state index is 12.1. The van der Waals surface area contributed by atoms with Crippen LogP contribution < -0.4 is 5.32 Å². The van der Waals surface area contributed by atoms with Crippen LogP contribution in [0.5, 0.6) is 0 Å². The predicted molar refractivity (Wildman–Crippen MR) is 76.7 cm³/mol. The lowest BCUT2D eigenvalue weighted by atomic mass is 10.1. The highest BCUT2D eigenvalue weighted by Crippen LogP contribution is 2.22. The van der Waals surface area contributed by atoms with Crippen molar-refractivity contribution in [1.29, 1.82) is 0 Å². The summed E-state index contributed by atoms with van der Waals surface area (Å²) < 4.78 is 0. The van der Waals surface area contributed by atoms with Gasteiger partial charge in [-0.15, -0.1) is 0 Å². The summed E-state index contributed by atoms with van der Waals surface area (Å²) in [7, 11) is 0. The van der Waals surface area contributed by atoms with Crippen molar-refractivity contribution in [3.8, 4) is 0 Å². The van der Waals surface area contributed by atoms with Crippen LogP contribution in [-0.4, -0.2) is 20.9 Å². The van der Waals surface area contributed by atoms with Crippen molar-refractivity contribution >= 4 is 34.0 Å². The van der Waals surface area contributed by atoms with Crippen LogP contribution in [0.25, 0.3) is 10.8 Å². The first-order chi connectivity index (χ1) is 9.74. The molecule has 0 aliphatic carbocycles. The first-order valence-corrected chi connectivity index (χ1v) is 6.23. The first-order valence-electron chi connectivity index (χ1n) is 5.86. The average molecular weight is 285 g/mol. The molecule has 0 aliphatic rings. The average Bonchev–Trinajstić information content (AvgIpc) is 2.47. The van der Waals surface area contributed by atoms with Gasteiger partial charge < -0.3 is 5.32 Å². The Balaban J connectivity index is 1.95. The molecule has 0 fully saturated rings. The topological polar surface area (TPSA) is 67.8 Å². The van der Waals surface area contributed by atoms with E-state index >= 15 is 0 Å². The van der Waals surface area contributed by atoms with E-state index in [0.717, 1.165) is 10.8 Å². The number of amides is 1. The Hall–Kier alpha value is -2.53. The zero-order valence-electron chi connectivity index (χ0n) is 10.2. The van der Waals surface area contributed by atoms with E-state index in [-0.39, 0.29) is 16.8 Å². The number of hydrogen-bond donors (Lipinski definition) is 1. The van der Waals surface area contributed by atoms with Gasteiger partial charge in [-0.1, -0.05) is 23.7 Å². The Morgan fingerprint density at radius 3 is 2.85 bits per heavy atom. The Morgan fingerprint density at radius 2 is 2.00 bits per heavy atom. The van der Waals surface area contributed by atoms with Gasteiger partial charge in [0.1, 0.15) is 10.8 Å². The van der Waals surface area contributed by atoms with Crippen LogP contribution in [0, 0.1) is 0 Å². The molecular weight excluding hydrogens is 276 g/mol. The molecule has 0 bridgehead atoms. The molecule has 5 nitrogen and oxygen atoms in total. The van der Waals surface area contributed by atoms with Crippen LogP contribution in [0.4, 0.5) is 5.69 Å². The van der Waals surface area contributed by atoms with Crippen LogP contribution in [0.3, 0.4) is 0 Å².